The predicted octanol–water partition coefficient (Wildman–Crippen LogP) is 3.53. The van der Waals surface area contributed by atoms with Crippen molar-refractivity contribution in [1.82, 2.24) is 0 Å². The Morgan fingerprint density at radius 1 is 1.00 bits per heavy atom. The Morgan fingerprint density at radius 3 is 2.25 bits per heavy atom. The molecule has 3 nitrogen and oxygen atoms in total. The van der Waals surface area contributed by atoms with Crippen LogP contribution in [0, 0.1) is 0 Å². The molecule has 0 aliphatic rings. The van der Waals surface area contributed by atoms with Gasteiger partial charge in [0.1, 0.15) is 0 Å². The van der Waals surface area contributed by atoms with Gasteiger partial charge in [-0.05, 0) is 53.9 Å². The molecule has 0 saturated heterocycles. The molecule has 106 valence electrons. The first kappa shape index (κ1) is 14.7. The maximum absolute atomic E-state index is 5.93. The van der Waals surface area contributed by atoms with Crippen molar-refractivity contribution in [2.45, 2.75) is 6.42 Å². The number of benzene rings is 2. The molecular weight excluding hydrogens is 274 g/mol. The Labute approximate surface area is 124 Å². The number of rotatable bonds is 5. The van der Waals surface area contributed by atoms with Gasteiger partial charge >= 0.3 is 0 Å². The molecule has 0 spiro atoms. The van der Waals surface area contributed by atoms with Gasteiger partial charge in [0.2, 0.25) is 0 Å². The second kappa shape index (κ2) is 6.64. The number of hydrogen-bond donors (Lipinski definition) is 1. The molecule has 0 amide bonds. The van der Waals surface area contributed by atoms with E-state index in [2.05, 4.69) is 6.07 Å². The Hall–Kier alpha value is -1.71. The summed E-state index contributed by atoms with van der Waals surface area (Å²) in [5.74, 6) is 1.46. The van der Waals surface area contributed by atoms with Crippen molar-refractivity contribution in [3.8, 4) is 22.6 Å². The van der Waals surface area contributed by atoms with Crippen molar-refractivity contribution in [1.29, 1.82) is 0 Å². The normalized spacial score (nSPS) is 10.4. The third kappa shape index (κ3) is 3.06. The van der Waals surface area contributed by atoms with Crippen LogP contribution in [0.2, 0.25) is 5.02 Å². The zero-order valence-electron chi connectivity index (χ0n) is 11.7. The molecule has 0 bridgehead atoms. The molecule has 2 aromatic carbocycles. The summed E-state index contributed by atoms with van der Waals surface area (Å²) in [6.45, 7) is 0.559. The minimum atomic E-state index is 0.559. The molecule has 0 radical (unpaired) electrons. The molecule has 0 aromatic heterocycles. The van der Waals surface area contributed by atoms with Gasteiger partial charge in [-0.1, -0.05) is 23.7 Å². The van der Waals surface area contributed by atoms with Gasteiger partial charge in [-0.3, -0.25) is 0 Å². The lowest BCUT2D eigenvalue weighted by molar-refractivity contribution is 0.352. The lowest BCUT2D eigenvalue weighted by atomic mass is 10.00. The monoisotopic (exact) mass is 291 g/mol. The molecule has 2 aromatic rings. The van der Waals surface area contributed by atoms with E-state index in [4.69, 9.17) is 26.8 Å². The van der Waals surface area contributed by atoms with E-state index in [1.807, 2.05) is 30.3 Å². The van der Waals surface area contributed by atoms with Gasteiger partial charge in [0.25, 0.3) is 0 Å². The molecule has 20 heavy (non-hydrogen) atoms. The van der Waals surface area contributed by atoms with Crippen LogP contribution in [0.15, 0.2) is 36.4 Å². The third-order valence-corrected chi connectivity index (χ3v) is 3.40. The predicted molar refractivity (Wildman–Crippen MR) is 82.8 cm³/mol. The van der Waals surface area contributed by atoms with Crippen molar-refractivity contribution in [3.05, 3.63) is 47.0 Å². The fourth-order valence-electron chi connectivity index (χ4n) is 2.19. The SMILES string of the molecule is COc1cc(-c2ccc(Cl)cc2)cc(CCN)c1OC. The minimum Gasteiger partial charge on any atom is -0.493 e. The van der Waals surface area contributed by atoms with E-state index < -0.39 is 0 Å². The third-order valence-electron chi connectivity index (χ3n) is 3.15. The van der Waals surface area contributed by atoms with Crippen LogP contribution in [-0.2, 0) is 6.42 Å². The van der Waals surface area contributed by atoms with Crippen LogP contribution >= 0.6 is 11.6 Å². The molecule has 0 unspecified atom stereocenters. The summed E-state index contributed by atoms with van der Waals surface area (Å²) in [7, 11) is 3.27. The number of methoxy groups -OCH3 is 2. The molecule has 0 saturated carbocycles. The molecule has 0 fully saturated rings. The Bertz CT molecular complexity index is 582. The summed E-state index contributed by atoms with van der Waals surface area (Å²) in [5.41, 5.74) is 8.85. The molecule has 2 rings (SSSR count). The van der Waals surface area contributed by atoms with Crippen molar-refractivity contribution >= 4 is 11.6 Å². The van der Waals surface area contributed by atoms with E-state index in [9.17, 15) is 0 Å². The summed E-state index contributed by atoms with van der Waals surface area (Å²) in [6, 6.07) is 11.7. The fourth-order valence-corrected chi connectivity index (χ4v) is 2.32. The molecule has 0 atom stereocenters. The van der Waals surface area contributed by atoms with E-state index >= 15 is 0 Å². The van der Waals surface area contributed by atoms with E-state index in [-0.39, 0.29) is 0 Å². The van der Waals surface area contributed by atoms with Crippen LogP contribution < -0.4 is 15.2 Å². The van der Waals surface area contributed by atoms with Crippen molar-refractivity contribution < 1.29 is 9.47 Å². The topological polar surface area (TPSA) is 44.5 Å². The Kier molecular flexibility index (Phi) is 4.88. The van der Waals surface area contributed by atoms with Crippen molar-refractivity contribution in [2.75, 3.05) is 20.8 Å². The minimum absolute atomic E-state index is 0.559. The molecule has 0 heterocycles. The summed E-state index contributed by atoms with van der Waals surface area (Å²) < 4.78 is 10.8. The highest BCUT2D eigenvalue weighted by Gasteiger charge is 2.12. The van der Waals surface area contributed by atoms with E-state index in [0.717, 1.165) is 33.9 Å². The number of halogens is 1. The van der Waals surface area contributed by atoms with Gasteiger partial charge in [0, 0.05) is 5.02 Å². The first-order valence-corrected chi connectivity index (χ1v) is 6.78. The van der Waals surface area contributed by atoms with Gasteiger partial charge in [0.15, 0.2) is 11.5 Å². The van der Waals surface area contributed by atoms with Crippen LogP contribution in [0.5, 0.6) is 11.5 Å². The Morgan fingerprint density at radius 2 is 1.70 bits per heavy atom. The number of nitrogens with two attached hydrogens (primary N) is 1. The highest BCUT2D eigenvalue weighted by molar-refractivity contribution is 6.30. The molecule has 0 aliphatic carbocycles. The highest BCUT2D eigenvalue weighted by Crippen LogP contribution is 2.36. The zero-order valence-corrected chi connectivity index (χ0v) is 12.4. The van der Waals surface area contributed by atoms with Crippen molar-refractivity contribution in [2.24, 2.45) is 5.73 Å². The van der Waals surface area contributed by atoms with Crippen LogP contribution in [0.3, 0.4) is 0 Å². The van der Waals surface area contributed by atoms with Crippen molar-refractivity contribution in [3.63, 3.8) is 0 Å². The quantitative estimate of drug-likeness (QED) is 0.916. The largest absolute Gasteiger partial charge is 0.493 e. The zero-order chi connectivity index (χ0) is 14.5. The molecule has 2 N–H and O–H groups in total. The lowest BCUT2D eigenvalue weighted by Crippen LogP contribution is -2.05. The Balaban J connectivity index is 2.53. The van der Waals surface area contributed by atoms with Crippen LogP contribution in [0.4, 0.5) is 0 Å². The van der Waals surface area contributed by atoms with Crippen LogP contribution in [0.25, 0.3) is 11.1 Å². The standard InChI is InChI=1S/C16H18ClNO2/c1-19-15-10-13(11-3-5-14(17)6-4-11)9-12(7-8-18)16(15)20-2/h3-6,9-10H,7-8,18H2,1-2H3. The lowest BCUT2D eigenvalue weighted by Gasteiger charge is -2.15. The average Bonchev–Trinajstić information content (AvgIpc) is 2.47. The maximum Gasteiger partial charge on any atom is 0.163 e. The van der Waals surface area contributed by atoms with Crippen LogP contribution in [0.1, 0.15) is 5.56 Å². The van der Waals surface area contributed by atoms with Gasteiger partial charge < -0.3 is 15.2 Å². The highest BCUT2D eigenvalue weighted by atomic mass is 35.5. The summed E-state index contributed by atoms with van der Waals surface area (Å²) in [4.78, 5) is 0. The molecule has 4 heteroatoms. The van der Waals surface area contributed by atoms with Gasteiger partial charge in [-0.2, -0.15) is 0 Å². The summed E-state index contributed by atoms with van der Waals surface area (Å²) in [5, 5.41) is 0.719. The van der Waals surface area contributed by atoms with E-state index in [1.54, 1.807) is 14.2 Å². The molecular formula is C16H18ClNO2. The van der Waals surface area contributed by atoms with Gasteiger partial charge in [0.05, 0.1) is 14.2 Å². The second-order valence-electron chi connectivity index (χ2n) is 4.42. The number of ether oxygens (including phenoxy) is 2. The van der Waals surface area contributed by atoms with Gasteiger partial charge in [-0.15, -0.1) is 0 Å². The fraction of sp³-hybridized carbons (Fsp3) is 0.250. The van der Waals surface area contributed by atoms with Crippen LogP contribution in [-0.4, -0.2) is 20.8 Å². The average molecular weight is 292 g/mol. The van der Waals surface area contributed by atoms with E-state index in [1.165, 1.54) is 0 Å². The summed E-state index contributed by atoms with van der Waals surface area (Å²) in [6.07, 6.45) is 0.737. The van der Waals surface area contributed by atoms with E-state index in [0.29, 0.717) is 12.3 Å². The maximum atomic E-state index is 5.93. The first-order valence-electron chi connectivity index (χ1n) is 6.40. The summed E-state index contributed by atoms with van der Waals surface area (Å²) >= 11 is 5.93. The molecule has 0 aliphatic heterocycles. The van der Waals surface area contributed by atoms with Gasteiger partial charge in [-0.25, -0.2) is 0 Å². The number of hydrogen-bond acceptors (Lipinski definition) is 3. The second-order valence-corrected chi connectivity index (χ2v) is 4.85. The smallest absolute Gasteiger partial charge is 0.163 e. The first-order chi connectivity index (χ1) is 9.69.